The highest BCUT2D eigenvalue weighted by Crippen LogP contribution is 2.31. The fourth-order valence-corrected chi connectivity index (χ4v) is 2.62. The molecule has 0 bridgehead atoms. The molecule has 0 aliphatic rings. The van der Waals surface area contributed by atoms with Crippen LogP contribution < -0.4 is 21.1 Å². The van der Waals surface area contributed by atoms with Crippen LogP contribution in [0.4, 0.5) is 11.4 Å². The third-order valence-corrected chi connectivity index (χ3v) is 4.04. The number of carbonyl (C=O) groups excluding carboxylic acids is 2. The number of nitrogens with two attached hydrogens (primary N) is 1. The number of carbonyl (C=O) groups is 2. The fraction of sp³-hybridized carbons (Fsp3) is 0.0476. The predicted octanol–water partition coefficient (Wildman–Crippen LogP) is 4.28. The highest BCUT2D eigenvalue weighted by Gasteiger charge is 2.09. The Bertz CT molecular complexity index is 976. The van der Waals surface area contributed by atoms with Crippen molar-refractivity contribution in [2.24, 2.45) is 5.73 Å². The minimum Gasteiger partial charge on any atom is -0.455 e. The molecule has 3 rings (SSSR count). The van der Waals surface area contributed by atoms with Gasteiger partial charge in [0.05, 0.1) is 12.2 Å². The second-order valence-electron chi connectivity index (χ2n) is 5.90. The van der Waals surface area contributed by atoms with Gasteiger partial charge in [-0.25, -0.2) is 0 Å². The first-order valence-electron chi connectivity index (χ1n) is 8.47. The Morgan fingerprint density at radius 2 is 1.68 bits per heavy atom. The molecule has 142 valence electrons. The number of rotatable bonds is 7. The molecular formula is C21H18ClN3O3. The third-order valence-electron chi connectivity index (χ3n) is 3.81. The van der Waals surface area contributed by atoms with E-state index in [-0.39, 0.29) is 12.5 Å². The van der Waals surface area contributed by atoms with Crippen molar-refractivity contribution in [3.8, 4) is 11.5 Å². The molecule has 4 N–H and O–H groups in total. The Hall–Kier alpha value is -3.51. The molecule has 28 heavy (non-hydrogen) atoms. The van der Waals surface area contributed by atoms with Crippen LogP contribution >= 0.6 is 11.6 Å². The summed E-state index contributed by atoms with van der Waals surface area (Å²) in [6.07, 6.45) is 0. The molecule has 2 amide bonds. The number of para-hydroxylation sites is 1. The maximum atomic E-state index is 12.2. The lowest BCUT2D eigenvalue weighted by atomic mass is 10.2. The molecule has 0 spiro atoms. The average Bonchev–Trinajstić information content (AvgIpc) is 2.69. The van der Waals surface area contributed by atoms with Crippen molar-refractivity contribution >= 4 is 34.8 Å². The molecule has 0 heterocycles. The number of nitrogens with one attached hydrogen (secondary N) is 2. The second kappa shape index (κ2) is 8.92. The van der Waals surface area contributed by atoms with E-state index in [1.165, 1.54) is 0 Å². The van der Waals surface area contributed by atoms with Gasteiger partial charge in [0.25, 0.3) is 0 Å². The predicted molar refractivity (Wildman–Crippen MR) is 110 cm³/mol. The second-order valence-corrected chi connectivity index (χ2v) is 6.34. The topological polar surface area (TPSA) is 93.5 Å². The standard InChI is InChI=1S/C21H18ClN3O3/c22-15-8-11-19(28-17-4-2-1-3-5-17)18(12-15)24-13-20(26)25-16-9-6-14(7-10-16)21(23)27/h1-12,24H,13H2,(H2,23,27)(H,25,26). The van der Waals surface area contributed by atoms with Gasteiger partial charge in [-0.1, -0.05) is 29.8 Å². The minimum absolute atomic E-state index is 0.00304. The first kappa shape index (κ1) is 19.3. The van der Waals surface area contributed by atoms with Gasteiger partial charge in [-0.15, -0.1) is 0 Å². The van der Waals surface area contributed by atoms with E-state index in [0.717, 1.165) is 0 Å². The van der Waals surface area contributed by atoms with Gasteiger partial charge in [-0.2, -0.15) is 0 Å². The van der Waals surface area contributed by atoms with Crippen molar-refractivity contribution < 1.29 is 14.3 Å². The van der Waals surface area contributed by atoms with Crippen molar-refractivity contribution in [1.82, 2.24) is 0 Å². The van der Waals surface area contributed by atoms with E-state index in [4.69, 9.17) is 22.1 Å². The zero-order valence-electron chi connectivity index (χ0n) is 14.8. The third kappa shape index (κ3) is 5.25. The summed E-state index contributed by atoms with van der Waals surface area (Å²) in [5, 5.41) is 6.28. The van der Waals surface area contributed by atoms with Crippen LogP contribution in [0.15, 0.2) is 72.8 Å². The Labute approximate surface area is 167 Å². The zero-order valence-corrected chi connectivity index (χ0v) is 15.6. The largest absolute Gasteiger partial charge is 0.455 e. The Kier molecular flexibility index (Phi) is 6.14. The number of amides is 2. The highest BCUT2D eigenvalue weighted by atomic mass is 35.5. The summed E-state index contributed by atoms with van der Waals surface area (Å²) in [5.41, 5.74) is 6.72. The number of halogens is 1. The van der Waals surface area contributed by atoms with Crippen LogP contribution in [0, 0.1) is 0 Å². The van der Waals surface area contributed by atoms with Gasteiger partial charge in [0.15, 0.2) is 5.75 Å². The molecule has 6 nitrogen and oxygen atoms in total. The minimum atomic E-state index is -0.522. The van der Waals surface area contributed by atoms with Crippen molar-refractivity contribution in [1.29, 1.82) is 0 Å². The van der Waals surface area contributed by atoms with Crippen molar-refractivity contribution in [3.05, 3.63) is 83.4 Å². The van der Waals surface area contributed by atoms with E-state index in [1.807, 2.05) is 30.3 Å². The van der Waals surface area contributed by atoms with Crippen LogP contribution in [-0.4, -0.2) is 18.4 Å². The number of primary amides is 1. The summed E-state index contributed by atoms with van der Waals surface area (Å²) in [6.45, 7) is 0.00304. The summed E-state index contributed by atoms with van der Waals surface area (Å²) < 4.78 is 5.85. The smallest absolute Gasteiger partial charge is 0.248 e. The fourth-order valence-electron chi connectivity index (χ4n) is 2.44. The van der Waals surface area contributed by atoms with E-state index in [1.54, 1.807) is 42.5 Å². The lowest BCUT2D eigenvalue weighted by Crippen LogP contribution is -2.22. The molecule has 0 aliphatic carbocycles. The molecule has 0 aromatic heterocycles. The number of ether oxygens (including phenoxy) is 1. The normalized spacial score (nSPS) is 10.2. The van der Waals surface area contributed by atoms with Crippen LogP contribution in [0.1, 0.15) is 10.4 Å². The van der Waals surface area contributed by atoms with E-state index < -0.39 is 5.91 Å². The van der Waals surface area contributed by atoms with Crippen molar-refractivity contribution in [2.75, 3.05) is 17.2 Å². The maximum Gasteiger partial charge on any atom is 0.248 e. The van der Waals surface area contributed by atoms with Gasteiger partial charge in [0.1, 0.15) is 5.75 Å². The van der Waals surface area contributed by atoms with Gasteiger partial charge in [0, 0.05) is 16.3 Å². The van der Waals surface area contributed by atoms with Gasteiger partial charge in [-0.05, 0) is 54.6 Å². The monoisotopic (exact) mass is 395 g/mol. The Balaban J connectivity index is 1.64. The van der Waals surface area contributed by atoms with Gasteiger partial charge in [0.2, 0.25) is 11.8 Å². The summed E-state index contributed by atoms with van der Waals surface area (Å²) in [5.74, 6) is 0.435. The number of hydrogen-bond acceptors (Lipinski definition) is 4. The first-order valence-corrected chi connectivity index (χ1v) is 8.85. The lowest BCUT2D eigenvalue weighted by molar-refractivity contribution is -0.114. The van der Waals surface area contributed by atoms with E-state index in [9.17, 15) is 9.59 Å². The maximum absolute atomic E-state index is 12.2. The number of benzene rings is 3. The molecule has 0 saturated heterocycles. The van der Waals surface area contributed by atoms with Gasteiger partial charge < -0.3 is 21.1 Å². The molecule has 0 unspecified atom stereocenters. The molecule has 3 aromatic rings. The van der Waals surface area contributed by atoms with E-state index >= 15 is 0 Å². The van der Waals surface area contributed by atoms with Crippen LogP contribution in [-0.2, 0) is 4.79 Å². The zero-order chi connectivity index (χ0) is 19.9. The molecule has 0 saturated carbocycles. The van der Waals surface area contributed by atoms with Crippen LogP contribution in [0.5, 0.6) is 11.5 Å². The van der Waals surface area contributed by atoms with E-state index in [0.29, 0.717) is 33.5 Å². The first-order chi connectivity index (χ1) is 13.5. The van der Waals surface area contributed by atoms with Crippen LogP contribution in [0.3, 0.4) is 0 Å². The Morgan fingerprint density at radius 1 is 0.964 bits per heavy atom. The highest BCUT2D eigenvalue weighted by molar-refractivity contribution is 6.31. The molecule has 0 aliphatic heterocycles. The molecular weight excluding hydrogens is 378 g/mol. The summed E-state index contributed by atoms with van der Waals surface area (Å²) in [6, 6.07) is 20.8. The molecule has 7 heteroatoms. The van der Waals surface area contributed by atoms with Gasteiger partial charge in [-0.3, -0.25) is 9.59 Å². The molecule has 0 radical (unpaired) electrons. The molecule has 0 fully saturated rings. The number of hydrogen-bond donors (Lipinski definition) is 3. The summed E-state index contributed by atoms with van der Waals surface area (Å²) >= 11 is 6.07. The SMILES string of the molecule is NC(=O)c1ccc(NC(=O)CNc2cc(Cl)ccc2Oc2ccccc2)cc1. The van der Waals surface area contributed by atoms with E-state index in [2.05, 4.69) is 10.6 Å². The number of anilines is 2. The van der Waals surface area contributed by atoms with Crippen LogP contribution in [0.2, 0.25) is 5.02 Å². The summed E-state index contributed by atoms with van der Waals surface area (Å²) in [4.78, 5) is 23.3. The van der Waals surface area contributed by atoms with Crippen molar-refractivity contribution in [2.45, 2.75) is 0 Å². The average molecular weight is 396 g/mol. The molecule has 0 atom stereocenters. The van der Waals surface area contributed by atoms with Gasteiger partial charge >= 0.3 is 0 Å². The quantitative estimate of drug-likeness (QED) is 0.556. The van der Waals surface area contributed by atoms with Crippen LogP contribution in [0.25, 0.3) is 0 Å². The van der Waals surface area contributed by atoms with Crippen molar-refractivity contribution in [3.63, 3.8) is 0 Å². The summed E-state index contributed by atoms with van der Waals surface area (Å²) in [7, 11) is 0. The molecule has 3 aromatic carbocycles. The lowest BCUT2D eigenvalue weighted by Gasteiger charge is -2.13. The Morgan fingerprint density at radius 3 is 2.36 bits per heavy atom.